The molecule has 1 aromatic carbocycles. The Morgan fingerprint density at radius 1 is 1.33 bits per heavy atom. The number of carbonyl (C=O) groups is 1. The van der Waals surface area contributed by atoms with Crippen LogP contribution in [0.4, 0.5) is 13.2 Å². The van der Waals surface area contributed by atoms with E-state index in [4.69, 9.17) is 5.53 Å². The van der Waals surface area contributed by atoms with Crippen LogP contribution < -0.4 is 0 Å². The lowest BCUT2D eigenvalue weighted by Crippen LogP contribution is -2.06. The van der Waals surface area contributed by atoms with Gasteiger partial charge in [-0.1, -0.05) is 0 Å². The van der Waals surface area contributed by atoms with E-state index in [0.29, 0.717) is 11.4 Å². The number of aromatic nitrogens is 2. The number of benzene rings is 1. The van der Waals surface area contributed by atoms with Gasteiger partial charge in [-0.2, -0.15) is 18.3 Å². The molecule has 2 aromatic rings. The summed E-state index contributed by atoms with van der Waals surface area (Å²) in [5.41, 5.74) is 8.27. The lowest BCUT2D eigenvalue weighted by Gasteiger charge is -2.08. The number of carbonyl (C=O) groups excluding carboxylic acids is 1. The van der Waals surface area contributed by atoms with Crippen molar-refractivity contribution in [2.24, 2.45) is 5.11 Å². The summed E-state index contributed by atoms with van der Waals surface area (Å²) in [6.45, 7) is 1.55. The van der Waals surface area contributed by atoms with Gasteiger partial charge >= 0.3 is 6.18 Å². The fourth-order valence-corrected chi connectivity index (χ4v) is 1.77. The van der Waals surface area contributed by atoms with Gasteiger partial charge in [0, 0.05) is 4.91 Å². The molecule has 1 aromatic heterocycles. The Kier molecular flexibility index (Phi) is 3.68. The summed E-state index contributed by atoms with van der Waals surface area (Å²) in [5.74, 6) is -0.798. The van der Waals surface area contributed by atoms with E-state index in [1.165, 1.54) is 23.0 Å². The molecule has 0 spiro atoms. The molecule has 0 aliphatic carbocycles. The first-order chi connectivity index (χ1) is 9.84. The van der Waals surface area contributed by atoms with Crippen LogP contribution in [0.1, 0.15) is 21.6 Å². The van der Waals surface area contributed by atoms with Gasteiger partial charge in [-0.15, -0.1) is 0 Å². The molecule has 0 aliphatic heterocycles. The zero-order valence-electron chi connectivity index (χ0n) is 10.7. The Labute approximate surface area is 116 Å². The van der Waals surface area contributed by atoms with Crippen LogP contribution >= 0.6 is 0 Å². The third kappa shape index (κ3) is 2.87. The van der Waals surface area contributed by atoms with Gasteiger partial charge in [-0.25, -0.2) is 4.68 Å². The predicted molar refractivity (Wildman–Crippen MR) is 66.8 cm³/mol. The van der Waals surface area contributed by atoms with Gasteiger partial charge in [0.05, 0.1) is 28.7 Å². The normalized spacial score (nSPS) is 11.0. The van der Waals surface area contributed by atoms with E-state index in [0.717, 1.165) is 12.1 Å². The lowest BCUT2D eigenvalue weighted by molar-refractivity contribution is -0.137. The van der Waals surface area contributed by atoms with Gasteiger partial charge < -0.3 is 0 Å². The maximum absolute atomic E-state index is 12.5. The van der Waals surface area contributed by atoms with Crippen LogP contribution in [0.5, 0.6) is 0 Å². The number of hydrogen-bond acceptors (Lipinski definition) is 2. The SMILES string of the molecule is Cc1c(C(=O)N=[N+]=[N-])cnn1-c1ccc(C(F)(F)F)cc1. The maximum atomic E-state index is 12.5. The summed E-state index contributed by atoms with van der Waals surface area (Å²) in [7, 11) is 0. The van der Waals surface area contributed by atoms with Crippen molar-refractivity contribution < 1.29 is 18.0 Å². The zero-order chi connectivity index (χ0) is 15.6. The summed E-state index contributed by atoms with van der Waals surface area (Å²) in [5, 5.41) is 6.86. The molecule has 6 nitrogen and oxygen atoms in total. The van der Waals surface area contributed by atoms with Crippen molar-refractivity contribution in [3.63, 3.8) is 0 Å². The number of nitrogens with zero attached hydrogens (tertiary/aromatic N) is 5. The van der Waals surface area contributed by atoms with Crippen LogP contribution in [0.25, 0.3) is 16.1 Å². The van der Waals surface area contributed by atoms with Crippen LogP contribution in [-0.2, 0) is 6.18 Å². The first-order valence-electron chi connectivity index (χ1n) is 5.66. The van der Waals surface area contributed by atoms with Crippen molar-refractivity contribution in [1.29, 1.82) is 0 Å². The van der Waals surface area contributed by atoms with Gasteiger partial charge in [-0.05, 0) is 41.8 Å². The summed E-state index contributed by atoms with van der Waals surface area (Å²) < 4.78 is 38.7. The molecule has 0 radical (unpaired) electrons. The molecule has 0 saturated heterocycles. The molecule has 0 unspecified atom stereocenters. The van der Waals surface area contributed by atoms with Crippen LogP contribution in [0.15, 0.2) is 35.6 Å². The molecule has 9 heteroatoms. The Morgan fingerprint density at radius 2 is 1.95 bits per heavy atom. The quantitative estimate of drug-likeness (QED) is 0.481. The molecule has 0 fully saturated rings. The molecule has 0 aliphatic rings. The van der Waals surface area contributed by atoms with E-state index in [-0.39, 0.29) is 5.56 Å². The van der Waals surface area contributed by atoms with E-state index in [1.807, 2.05) is 0 Å². The molecule has 1 amide bonds. The topological polar surface area (TPSA) is 83.7 Å². The molecular weight excluding hydrogens is 287 g/mol. The Hall–Kier alpha value is -2.80. The van der Waals surface area contributed by atoms with Crippen molar-refractivity contribution in [3.05, 3.63) is 57.7 Å². The van der Waals surface area contributed by atoms with Crippen molar-refractivity contribution in [2.45, 2.75) is 13.1 Å². The Bertz CT molecular complexity index is 726. The minimum Gasteiger partial charge on any atom is -0.287 e. The molecule has 0 N–H and O–H groups in total. The van der Waals surface area contributed by atoms with Gasteiger partial charge in [0.2, 0.25) is 0 Å². The Balaban J connectivity index is 2.40. The summed E-state index contributed by atoms with van der Waals surface area (Å²) in [6.07, 6.45) is -3.22. The molecule has 0 bridgehead atoms. The van der Waals surface area contributed by atoms with E-state index in [2.05, 4.69) is 15.1 Å². The highest BCUT2D eigenvalue weighted by Gasteiger charge is 2.30. The number of rotatable bonds is 2. The average Bonchev–Trinajstić information content (AvgIpc) is 2.80. The molecule has 0 atom stereocenters. The molecular formula is C12H8F3N5O. The minimum atomic E-state index is -4.42. The van der Waals surface area contributed by atoms with Crippen LogP contribution in [-0.4, -0.2) is 15.7 Å². The summed E-state index contributed by atoms with van der Waals surface area (Å²) in [6, 6.07) is 4.33. The second-order valence-corrected chi connectivity index (χ2v) is 4.09. The monoisotopic (exact) mass is 295 g/mol. The van der Waals surface area contributed by atoms with E-state index >= 15 is 0 Å². The average molecular weight is 295 g/mol. The van der Waals surface area contributed by atoms with Gasteiger partial charge in [0.25, 0.3) is 5.91 Å². The van der Waals surface area contributed by atoms with Crippen molar-refractivity contribution in [1.82, 2.24) is 9.78 Å². The molecule has 0 saturated carbocycles. The van der Waals surface area contributed by atoms with Crippen LogP contribution in [0, 0.1) is 6.92 Å². The highest BCUT2D eigenvalue weighted by atomic mass is 19.4. The first-order valence-corrected chi connectivity index (χ1v) is 5.66. The molecule has 2 rings (SSSR count). The van der Waals surface area contributed by atoms with Crippen molar-refractivity contribution in [2.75, 3.05) is 0 Å². The Morgan fingerprint density at radius 3 is 2.48 bits per heavy atom. The number of amides is 1. The van der Waals surface area contributed by atoms with Crippen molar-refractivity contribution in [3.8, 4) is 5.69 Å². The summed E-state index contributed by atoms with van der Waals surface area (Å²) in [4.78, 5) is 13.9. The first kappa shape index (κ1) is 14.6. The van der Waals surface area contributed by atoms with Crippen LogP contribution in [0.3, 0.4) is 0 Å². The number of halogens is 3. The van der Waals surface area contributed by atoms with E-state index in [1.54, 1.807) is 6.92 Å². The second-order valence-electron chi connectivity index (χ2n) is 4.09. The highest BCUT2D eigenvalue weighted by Crippen LogP contribution is 2.29. The molecule has 21 heavy (non-hydrogen) atoms. The third-order valence-corrected chi connectivity index (χ3v) is 2.81. The van der Waals surface area contributed by atoms with E-state index in [9.17, 15) is 18.0 Å². The smallest absolute Gasteiger partial charge is 0.287 e. The fraction of sp³-hybridized carbons (Fsp3) is 0.167. The minimum absolute atomic E-state index is 0.0905. The largest absolute Gasteiger partial charge is 0.416 e. The molecule has 108 valence electrons. The number of azide groups is 1. The van der Waals surface area contributed by atoms with Gasteiger partial charge in [0.15, 0.2) is 0 Å². The number of alkyl halides is 3. The standard InChI is InChI=1S/C12H8F3N5O/c1-7-10(11(21)18-19-16)6-17-20(7)9-4-2-8(3-5-9)12(13,14)15/h2-6H,1H3. The zero-order valence-corrected chi connectivity index (χ0v) is 10.7. The number of hydrogen-bond donors (Lipinski definition) is 0. The van der Waals surface area contributed by atoms with Crippen LogP contribution in [0.2, 0.25) is 0 Å². The lowest BCUT2D eigenvalue weighted by atomic mass is 10.2. The third-order valence-electron chi connectivity index (χ3n) is 2.81. The highest BCUT2D eigenvalue weighted by molar-refractivity contribution is 5.95. The van der Waals surface area contributed by atoms with E-state index < -0.39 is 17.6 Å². The second kappa shape index (κ2) is 5.29. The molecule has 1 heterocycles. The van der Waals surface area contributed by atoms with Gasteiger partial charge in [0.1, 0.15) is 0 Å². The fourth-order valence-electron chi connectivity index (χ4n) is 1.77. The summed E-state index contributed by atoms with van der Waals surface area (Å²) >= 11 is 0. The van der Waals surface area contributed by atoms with Crippen molar-refractivity contribution >= 4 is 5.91 Å². The van der Waals surface area contributed by atoms with Gasteiger partial charge in [-0.3, -0.25) is 4.79 Å². The predicted octanol–water partition coefficient (Wildman–Crippen LogP) is 3.65. The maximum Gasteiger partial charge on any atom is 0.416 e.